The van der Waals surface area contributed by atoms with Gasteiger partial charge in [0.1, 0.15) is 5.75 Å². The second-order valence-corrected chi connectivity index (χ2v) is 5.19. The van der Waals surface area contributed by atoms with E-state index in [2.05, 4.69) is 22.0 Å². The molecular formula is C12H16BrNO. The van der Waals surface area contributed by atoms with Gasteiger partial charge in [0.2, 0.25) is 0 Å². The third kappa shape index (κ3) is 2.34. The molecule has 0 atom stereocenters. The molecule has 0 saturated heterocycles. The first kappa shape index (κ1) is 11.0. The van der Waals surface area contributed by atoms with Crippen molar-refractivity contribution in [3.05, 3.63) is 28.2 Å². The van der Waals surface area contributed by atoms with E-state index in [1.54, 1.807) is 7.11 Å². The van der Waals surface area contributed by atoms with Crippen LogP contribution in [-0.4, -0.2) is 13.7 Å². The molecule has 3 heteroatoms. The average molecular weight is 270 g/mol. The fourth-order valence-corrected chi connectivity index (χ4v) is 2.23. The summed E-state index contributed by atoms with van der Waals surface area (Å²) in [6, 6.07) is 6.11. The van der Waals surface area contributed by atoms with Gasteiger partial charge in [-0.3, -0.25) is 0 Å². The molecule has 0 unspecified atom stereocenters. The van der Waals surface area contributed by atoms with Crippen LogP contribution in [0.5, 0.6) is 5.75 Å². The number of ether oxygens (including phenoxy) is 1. The second kappa shape index (κ2) is 4.14. The summed E-state index contributed by atoms with van der Waals surface area (Å²) in [5, 5.41) is 0. The fourth-order valence-electron chi connectivity index (χ4n) is 1.85. The number of benzene rings is 1. The van der Waals surface area contributed by atoms with Crippen molar-refractivity contribution >= 4 is 15.9 Å². The molecule has 2 N–H and O–H groups in total. The lowest BCUT2D eigenvalue weighted by Crippen LogP contribution is -2.18. The third-order valence-electron chi connectivity index (χ3n) is 3.21. The zero-order chi connectivity index (χ0) is 10.9. The Balaban J connectivity index is 2.19. The molecule has 0 aliphatic heterocycles. The maximum absolute atomic E-state index is 5.79. The van der Waals surface area contributed by atoms with Gasteiger partial charge >= 0.3 is 0 Å². The topological polar surface area (TPSA) is 35.2 Å². The molecule has 0 spiro atoms. The predicted molar refractivity (Wildman–Crippen MR) is 65.1 cm³/mol. The van der Waals surface area contributed by atoms with Gasteiger partial charge in [-0.1, -0.05) is 15.9 Å². The summed E-state index contributed by atoms with van der Waals surface area (Å²) in [5.41, 5.74) is 7.46. The second-order valence-electron chi connectivity index (χ2n) is 4.34. The molecule has 0 radical (unpaired) electrons. The molecule has 1 aromatic rings. The van der Waals surface area contributed by atoms with E-state index >= 15 is 0 Å². The maximum atomic E-state index is 5.79. The number of methoxy groups -OCH3 is 1. The van der Waals surface area contributed by atoms with Gasteiger partial charge in [0.15, 0.2) is 0 Å². The minimum atomic E-state index is 0.370. The first-order valence-corrected chi connectivity index (χ1v) is 6.01. The number of halogens is 1. The van der Waals surface area contributed by atoms with Crippen molar-refractivity contribution in [3.63, 3.8) is 0 Å². The van der Waals surface area contributed by atoms with Crippen molar-refractivity contribution in [1.82, 2.24) is 0 Å². The molecule has 1 aromatic carbocycles. The minimum absolute atomic E-state index is 0.370. The van der Waals surface area contributed by atoms with Crippen LogP contribution >= 0.6 is 15.9 Å². The van der Waals surface area contributed by atoms with Crippen molar-refractivity contribution < 1.29 is 4.74 Å². The number of nitrogens with two attached hydrogens (primary N) is 1. The van der Waals surface area contributed by atoms with Crippen LogP contribution in [0.25, 0.3) is 0 Å². The lowest BCUT2D eigenvalue weighted by atomic mass is 9.96. The van der Waals surface area contributed by atoms with Crippen LogP contribution < -0.4 is 10.5 Å². The van der Waals surface area contributed by atoms with Gasteiger partial charge in [-0.2, -0.15) is 0 Å². The molecule has 2 rings (SSSR count). The van der Waals surface area contributed by atoms with Gasteiger partial charge in [0.05, 0.1) is 7.11 Å². The monoisotopic (exact) mass is 269 g/mol. The zero-order valence-corrected chi connectivity index (χ0v) is 10.5. The summed E-state index contributed by atoms with van der Waals surface area (Å²) in [5.74, 6) is 0.918. The Kier molecular flexibility index (Phi) is 3.03. The Labute approximate surface area is 98.9 Å². The van der Waals surface area contributed by atoms with Crippen molar-refractivity contribution in [3.8, 4) is 5.75 Å². The molecule has 0 heterocycles. The molecule has 0 bridgehead atoms. The van der Waals surface area contributed by atoms with E-state index in [4.69, 9.17) is 10.5 Å². The van der Waals surface area contributed by atoms with Crippen LogP contribution in [0.1, 0.15) is 18.4 Å². The van der Waals surface area contributed by atoms with E-state index in [1.165, 1.54) is 18.4 Å². The van der Waals surface area contributed by atoms with Gasteiger partial charge in [-0.15, -0.1) is 0 Å². The largest absolute Gasteiger partial charge is 0.497 e. The summed E-state index contributed by atoms with van der Waals surface area (Å²) < 4.78 is 6.38. The summed E-state index contributed by atoms with van der Waals surface area (Å²) >= 11 is 3.57. The van der Waals surface area contributed by atoms with Gasteiger partial charge in [0, 0.05) is 4.47 Å². The molecule has 15 heavy (non-hydrogen) atoms. The van der Waals surface area contributed by atoms with E-state index in [1.807, 2.05) is 12.1 Å². The van der Waals surface area contributed by atoms with Crippen molar-refractivity contribution in [2.45, 2.75) is 19.3 Å². The van der Waals surface area contributed by atoms with Crippen LogP contribution in [-0.2, 0) is 6.42 Å². The molecule has 1 saturated carbocycles. The third-order valence-corrected chi connectivity index (χ3v) is 3.98. The van der Waals surface area contributed by atoms with Crippen molar-refractivity contribution in [1.29, 1.82) is 0 Å². The van der Waals surface area contributed by atoms with Gasteiger partial charge in [-0.25, -0.2) is 0 Å². The quantitative estimate of drug-likeness (QED) is 0.913. The Bertz CT molecular complexity index is 361. The van der Waals surface area contributed by atoms with E-state index in [0.717, 1.165) is 23.2 Å². The molecule has 0 amide bonds. The van der Waals surface area contributed by atoms with Crippen LogP contribution in [0.3, 0.4) is 0 Å². The number of rotatable bonds is 4. The average Bonchev–Trinajstić information content (AvgIpc) is 3.02. The summed E-state index contributed by atoms with van der Waals surface area (Å²) in [4.78, 5) is 0. The standard InChI is InChI=1S/C12H16BrNO/c1-15-10-2-3-11(13)9(6-10)7-12(8-14)4-5-12/h2-3,6H,4-5,7-8,14H2,1H3. The smallest absolute Gasteiger partial charge is 0.119 e. The van der Waals surface area contributed by atoms with Crippen LogP contribution in [0.2, 0.25) is 0 Å². The molecule has 2 nitrogen and oxygen atoms in total. The zero-order valence-electron chi connectivity index (χ0n) is 8.92. The summed E-state index contributed by atoms with van der Waals surface area (Å²) in [7, 11) is 1.70. The Morgan fingerprint density at radius 3 is 2.73 bits per heavy atom. The highest BCUT2D eigenvalue weighted by atomic mass is 79.9. The number of hydrogen-bond acceptors (Lipinski definition) is 2. The van der Waals surface area contributed by atoms with Gasteiger partial charge in [0.25, 0.3) is 0 Å². The SMILES string of the molecule is COc1ccc(Br)c(CC2(CN)CC2)c1. The van der Waals surface area contributed by atoms with Crippen LogP contribution in [0.15, 0.2) is 22.7 Å². The van der Waals surface area contributed by atoms with Crippen molar-refractivity contribution in [2.24, 2.45) is 11.1 Å². The Hall–Kier alpha value is -0.540. The van der Waals surface area contributed by atoms with Crippen LogP contribution in [0.4, 0.5) is 0 Å². The number of hydrogen-bond donors (Lipinski definition) is 1. The minimum Gasteiger partial charge on any atom is -0.497 e. The molecule has 1 aliphatic carbocycles. The van der Waals surface area contributed by atoms with E-state index in [-0.39, 0.29) is 0 Å². The van der Waals surface area contributed by atoms with E-state index < -0.39 is 0 Å². The summed E-state index contributed by atoms with van der Waals surface area (Å²) in [6.07, 6.45) is 3.57. The molecule has 1 fully saturated rings. The maximum Gasteiger partial charge on any atom is 0.119 e. The highest BCUT2D eigenvalue weighted by molar-refractivity contribution is 9.10. The lowest BCUT2D eigenvalue weighted by molar-refractivity contribution is 0.413. The normalized spacial score (nSPS) is 17.5. The molecular weight excluding hydrogens is 254 g/mol. The molecule has 1 aliphatic rings. The Morgan fingerprint density at radius 2 is 2.20 bits per heavy atom. The first-order valence-electron chi connectivity index (χ1n) is 5.22. The Morgan fingerprint density at radius 1 is 1.47 bits per heavy atom. The molecule has 0 aromatic heterocycles. The fraction of sp³-hybridized carbons (Fsp3) is 0.500. The highest BCUT2D eigenvalue weighted by Gasteiger charge is 2.41. The van der Waals surface area contributed by atoms with Crippen molar-refractivity contribution in [2.75, 3.05) is 13.7 Å². The van der Waals surface area contributed by atoms with E-state index in [9.17, 15) is 0 Å². The lowest BCUT2D eigenvalue weighted by Gasteiger charge is -2.14. The highest BCUT2D eigenvalue weighted by Crippen LogP contribution is 2.48. The van der Waals surface area contributed by atoms with Gasteiger partial charge < -0.3 is 10.5 Å². The van der Waals surface area contributed by atoms with Gasteiger partial charge in [-0.05, 0) is 55.0 Å². The summed E-state index contributed by atoms with van der Waals surface area (Å²) in [6.45, 7) is 0.788. The van der Waals surface area contributed by atoms with E-state index in [0.29, 0.717) is 5.41 Å². The van der Waals surface area contributed by atoms with Crippen LogP contribution in [0, 0.1) is 5.41 Å². The first-order chi connectivity index (χ1) is 7.19. The molecule has 82 valence electrons. The predicted octanol–water partition coefficient (Wildman–Crippen LogP) is 2.74.